The third kappa shape index (κ3) is 4.70. The Kier molecular flexibility index (Phi) is 8.28. The maximum Gasteiger partial charge on any atom is 0.203 e. The van der Waals surface area contributed by atoms with Gasteiger partial charge in [0.1, 0.15) is 0 Å². The predicted molar refractivity (Wildman–Crippen MR) is 101 cm³/mol. The Balaban J connectivity index is 0.00000312. The molecule has 0 spiro atoms. The van der Waals surface area contributed by atoms with Crippen molar-refractivity contribution in [3.63, 3.8) is 0 Å². The van der Waals surface area contributed by atoms with Gasteiger partial charge < -0.3 is 24.6 Å². The van der Waals surface area contributed by atoms with Crippen LogP contribution >= 0.6 is 12.4 Å². The summed E-state index contributed by atoms with van der Waals surface area (Å²) in [6.07, 6.45) is 0. The van der Waals surface area contributed by atoms with Gasteiger partial charge in [0.25, 0.3) is 0 Å². The Morgan fingerprint density at radius 2 is 1.60 bits per heavy atom. The fraction of sp³-hybridized carbons (Fsp3) is 0.667. The lowest BCUT2D eigenvalue weighted by atomic mass is 9.79. The Morgan fingerprint density at radius 3 is 2.00 bits per heavy atom. The van der Waals surface area contributed by atoms with Gasteiger partial charge in [-0.05, 0) is 17.7 Å². The standard InChI is InChI=1S/C18H30N2O4.ClH/c1-18(2,12-21)17(20-8-6-19-7-9-20)13-10-14(22-3)16(24-5)15(11-13)23-4;/h10-11,17,19,21H,6-9,12H2,1-5H3;1H/t17-;/m1./s1. The number of piperazine rings is 1. The molecule has 0 saturated carbocycles. The Hall–Kier alpha value is -1.21. The highest BCUT2D eigenvalue weighted by Crippen LogP contribution is 2.45. The van der Waals surface area contributed by atoms with Gasteiger partial charge >= 0.3 is 0 Å². The van der Waals surface area contributed by atoms with Crippen molar-refractivity contribution in [1.29, 1.82) is 0 Å². The molecule has 2 N–H and O–H groups in total. The van der Waals surface area contributed by atoms with Crippen molar-refractivity contribution >= 4 is 12.4 Å². The monoisotopic (exact) mass is 374 g/mol. The van der Waals surface area contributed by atoms with Crippen molar-refractivity contribution in [2.75, 3.05) is 54.1 Å². The quantitative estimate of drug-likeness (QED) is 0.762. The third-order valence-electron chi connectivity index (χ3n) is 4.67. The maximum absolute atomic E-state index is 9.98. The minimum Gasteiger partial charge on any atom is -0.493 e. The molecule has 1 aliphatic rings. The van der Waals surface area contributed by atoms with Crippen LogP contribution in [0.4, 0.5) is 0 Å². The van der Waals surface area contributed by atoms with Crippen LogP contribution in [-0.2, 0) is 0 Å². The number of methoxy groups -OCH3 is 3. The van der Waals surface area contributed by atoms with Crippen LogP contribution in [0.15, 0.2) is 12.1 Å². The van der Waals surface area contributed by atoms with E-state index in [1.165, 1.54) is 0 Å². The first-order valence-corrected chi connectivity index (χ1v) is 8.34. The van der Waals surface area contributed by atoms with Crippen LogP contribution in [-0.4, -0.2) is 64.1 Å². The number of hydrogen-bond acceptors (Lipinski definition) is 6. The second-order valence-electron chi connectivity index (χ2n) is 6.79. The average Bonchev–Trinajstić information content (AvgIpc) is 2.61. The first kappa shape index (κ1) is 21.8. The van der Waals surface area contributed by atoms with Gasteiger partial charge in [-0.2, -0.15) is 0 Å². The molecule has 0 radical (unpaired) electrons. The van der Waals surface area contributed by atoms with E-state index >= 15 is 0 Å². The largest absolute Gasteiger partial charge is 0.493 e. The Bertz CT molecular complexity index is 523. The van der Waals surface area contributed by atoms with Crippen molar-refractivity contribution in [2.24, 2.45) is 5.41 Å². The zero-order valence-corrected chi connectivity index (χ0v) is 16.6. The number of nitrogens with zero attached hydrogens (tertiary/aromatic N) is 1. The number of hydrogen-bond donors (Lipinski definition) is 2. The van der Waals surface area contributed by atoms with E-state index in [0.717, 1.165) is 31.7 Å². The van der Waals surface area contributed by atoms with Crippen LogP contribution in [0.2, 0.25) is 0 Å². The van der Waals surface area contributed by atoms with Crippen molar-refractivity contribution in [3.05, 3.63) is 17.7 Å². The first-order chi connectivity index (χ1) is 11.5. The van der Waals surface area contributed by atoms with Crippen LogP contribution in [0.5, 0.6) is 17.2 Å². The van der Waals surface area contributed by atoms with Crippen molar-refractivity contribution in [1.82, 2.24) is 10.2 Å². The SMILES string of the molecule is COc1cc([C@@H](N2CCNCC2)C(C)(C)CO)cc(OC)c1OC.Cl. The number of rotatable bonds is 7. The maximum atomic E-state index is 9.98. The van der Waals surface area contributed by atoms with E-state index in [9.17, 15) is 5.11 Å². The molecule has 1 atom stereocenters. The van der Waals surface area contributed by atoms with Crippen LogP contribution in [0, 0.1) is 5.41 Å². The third-order valence-corrected chi connectivity index (χ3v) is 4.67. The van der Waals surface area contributed by atoms with Gasteiger partial charge in [-0.25, -0.2) is 0 Å². The fourth-order valence-electron chi connectivity index (χ4n) is 3.44. The highest BCUT2D eigenvalue weighted by atomic mass is 35.5. The minimum atomic E-state index is -0.304. The van der Waals surface area contributed by atoms with Crippen LogP contribution in [0.25, 0.3) is 0 Å². The molecule has 1 aliphatic heterocycles. The van der Waals surface area contributed by atoms with Gasteiger partial charge in [-0.15, -0.1) is 12.4 Å². The highest BCUT2D eigenvalue weighted by Gasteiger charge is 2.36. The lowest BCUT2D eigenvalue weighted by Gasteiger charge is -2.43. The molecular weight excluding hydrogens is 344 g/mol. The Labute approximate surface area is 156 Å². The molecule has 0 bridgehead atoms. The topological polar surface area (TPSA) is 63.2 Å². The molecule has 0 aliphatic carbocycles. The van der Waals surface area contributed by atoms with Gasteiger partial charge in [0.05, 0.1) is 21.3 Å². The molecular formula is C18H31ClN2O4. The van der Waals surface area contributed by atoms with E-state index in [2.05, 4.69) is 24.1 Å². The summed E-state index contributed by atoms with van der Waals surface area (Å²) in [5.74, 6) is 1.87. The first-order valence-electron chi connectivity index (χ1n) is 8.34. The van der Waals surface area contributed by atoms with E-state index in [4.69, 9.17) is 14.2 Å². The van der Waals surface area contributed by atoms with Crippen LogP contribution < -0.4 is 19.5 Å². The summed E-state index contributed by atoms with van der Waals surface area (Å²) in [6, 6.07) is 4.04. The minimum absolute atomic E-state index is 0. The summed E-state index contributed by atoms with van der Waals surface area (Å²) < 4.78 is 16.4. The summed E-state index contributed by atoms with van der Waals surface area (Å²) in [5.41, 5.74) is 0.757. The highest BCUT2D eigenvalue weighted by molar-refractivity contribution is 5.85. The van der Waals surface area contributed by atoms with Crippen LogP contribution in [0.1, 0.15) is 25.5 Å². The number of aliphatic hydroxyl groups is 1. The van der Waals surface area contributed by atoms with Gasteiger partial charge in [0, 0.05) is 44.2 Å². The van der Waals surface area contributed by atoms with Crippen molar-refractivity contribution in [3.8, 4) is 17.2 Å². The molecule has 1 heterocycles. The molecule has 7 heteroatoms. The van der Waals surface area contributed by atoms with Crippen molar-refractivity contribution < 1.29 is 19.3 Å². The van der Waals surface area contributed by atoms with Crippen LogP contribution in [0.3, 0.4) is 0 Å². The molecule has 1 saturated heterocycles. The molecule has 6 nitrogen and oxygen atoms in total. The molecule has 0 amide bonds. The molecule has 0 unspecified atom stereocenters. The van der Waals surface area contributed by atoms with Gasteiger partial charge in [-0.3, -0.25) is 4.90 Å². The molecule has 1 aromatic rings. The number of benzene rings is 1. The summed E-state index contributed by atoms with van der Waals surface area (Å²) in [5, 5.41) is 13.4. The summed E-state index contributed by atoms with van der Waals surface area (Å²) in [4.78, 5) is 2.41. The normalized spacial score (nSPS) is 16.7. The average molecular weight is 375 g/mol. The zero-order valence-electron chi connectivity index (χ0n) is 15.8. The fourth-order valence-corrected chi connectivity index (χ4v) is 3.44. The summed E-state index contributed by atoms with van der Waals surface area (Å²) >= 11 is 0. The molecule has 144 valence electrons. The second-order valence-corrected chi connectivity index (χ2v) is 6.79. The smallest absolute Gasteiger partial charge is 0.203 e. The van der Waals surface area contributed by atoms with E-state index in [-0.39, 0.29) is 30.5 Å². The van der Waals surface area contributed by atoms with E-state index in [1.54, 1.807) is 21.3 Å². The molecule has 1 aromatic carbocycles. The Morgan fingerprint density at radius 1 is 1.08 bits per heavy atom. The number of halogens is 1. The lowest BCUT2D eigenvalue weighted by Crippen LogP contribution is -2.49. The van der Waals surface area contributed by atoms with Gasteiger partial charge in [0.2, 0.25) is 5.75 Å². The number of ether oxygens (including phenoxy) is 3. The van der Waals surface area contributed by atoms with E-state index in [1.807, 2.05) is 12.1 Å². The second kappa shape index (κ2) is 9.48. The molecule has 2 rings (SSSR count). The number of aliphatic hydroxyl groups excluding tert-OH is 1. The molecule has 0 aromatic heterocycles. The van der Waals surface area contributed by atoms with Gasteiger partial charge in [-0.1, -0.05) is 13.8 Å². The lowest BCUT2D eigenvalue weighted by molar-refractivity contribution is 0.0303. The van der Waals surface area contributed by atoms with E-state index in [0.29, 0.717) is 17.2 Å². The molecule has 25 heavy (non-hydrogen) atoms. The summed E-state index contributed by atoms with van der Waals surface area (Å²) in [6.45, 7) is 8.03. The predicted octanol–water partition coefficient (Wildman–Crippen LogP) is 2.10. The van der Waals surface area contributed by atoms with Crippen molar-refractivity contribution in [2.45, 2.75) is 19.9 Å². The molecule has 1 fully saturated rings. The summed E-state index contributed by atoms with van der Waals surface area (Å²) in [7, 11) is 4.85. The van der Waals surface area contributed by atoms with Gasteiger partial charge in [0.15, 0.2) is 11.5 Å². The zero-order chi connectivity index (χ0) is 17.7. The number of nitrogens with one attached hydrogen (secondary N) is 1. The van der Waals surface area contributed by atoms with E-state index < -0.39 is 0 Å².